The van der Waals surface area contributed by atoms with Crippen LogP contribution in [0.3, 0.4) is 0 Å². The minimum atomic E-state index is -2.18. The lowest BCUT2D eigenvalue weighted by Gasteiger charge is -2.48. The van der Waals surface area contributed by atoms with Crippen molar-refractivity contribution in [2.45, 2.75) is 24.7 Å². The molecule has 1 N–H and O–H groups in total. The van der Waals surface area contributed by atoms with Gasteiger partial charge in [-0.3, -0.25) is 5.41 Å². The van der Waals surface area contributed by atoms with E-state index in [9.17, 15) is 20.2 Å². The van der Waals surface area contributed by atoms with Gasteiger partial charge in [-0.2, -0.15) is 15.8 Å². The van der Waals surface area contributed by atoms with Gasteiger partial charge < -0.3 is 9.47 Å². The Kier molecular flexibility index (Phi) is 4.33. The van der Waals surface area contributed by atoms with Crippen LogP contribution in [0.5, 0.6) is 0 Å². The van der Waals surface area contributed by atoms with Crippen LogP contribution in [0.15, 0.2) is 48.5 Å². The first-order chi connectivity index (χ1) is 14.3. The van der Waals surface area contributed by atoms with Crippen molar-refractivity contribution in [3.05, 3.63) is 70.5 Å². The molecule has 2 aliphatic rings. The molecule has 0 spiro atoms. The third kappa shape index (κ3) is 2.27. The van der Waals surface area contributed by atoms with Gasteiger partial charge in [-0.1, -0.05) is 48.0 Å². The van der Waals surface area contributed by atoms with Crippen molar-refractivity contribution < 1.29 is 13.9 Å². The highest BCUT2D eigenvalue weighted by Crippen LogP contribution is 2.69. The Labute approximate surface area is 177 Å². The van der Waals surface area contributed by atoms with Gasteiger partial charge in [0.2, 0.25) is 17.1 Å². The summed E-state index contributed by atoms with van der Waals surface area (Å²) < 4.78 is 26.1. The van der Waals surface area contributed by atoms with Gasteiger partial charge in [0.15, 0.2) is 5.41 Å². The molecule has 2 aromatic rings. The molecule has 148 valence electrons. The number of hydrogen-bond acceptors (Lipinski definition) is 6. The summed E-state index contributed by atoms with van der Waals surface area (Å²) in [6.45, 7) is 1.55. The molecule has 2 saturated heterocycles. The first-order valence-corrected chi connectivity index (χ1v) is 9.37. The highest BCUT2D eigenvalue weighted by atomic mass is 35.5. The normalized spacial score (nSPS) is 31.1. The quantitative estimate of drug-likeness (QED) is 0.762. The SMILES string of the molecule is CC12OC(=N)C(C#N)(C1c1ccccc1)C(C#N)(C#N)C(c1ccc(Cl)c(F)c1)O2. The summed E-state index contributed by atoms with van der Waals surface area (Å²) in [5, 5.41) is 39.1. The molecule has 4 atom stereocenters. The van der Waals surface area contributed by atoms with E-state index in [-0.39, 0.29) is 10.6 Å². The average molecular weight is 421 g/mol. The Morgan fingerprint density at radius 3 is 2.27 bits per heavy atom. The van der Waals surface area contributed by atoms with E-state index in [2.05, 4.69) is 6.07 Å². The Morgan fingerprint density at radius 1 is 1.03 bits per heavy atom. The maximum Gasteiger partial charge on any atom is 0.218 e. The zero-order valence-corrected chi connectivity index (χ0v) is 16.4. The van der Waals surface area contributed by atoms with Gasteiger partial charge >= 0.3 is 0 Å². The molecule has 2 heterocycles. The molecule has 30 heavy (non-hydrogen) atoms. The second-order valence-electron chi connectivity index (χ2n) is 7.41. The van der Waals surface area contributed by atoms with Gasteiger partial charge in [0.05, 0.1) is 29.1 Å². The number of nitriles is 3. The standard InChI is InChI=1S/C22H14ClFN4O2/c1-20-17(13-5-3-2-4-6-13)22(12-27,19(28)30-20)21(10-25,11-26)18(29-20)14-7-8-15(23)16(24)9-14/h2-9,17-18,28H,1H3. The van der Waals surface area contributed by atoms with Crippen molar-refractivity contribution >= 4 is 17.5 Å². The lowest BCUT2D eigenvalue weighted by atomic mass is 9.52. The van der Waals surface area contributed by atoms with Crippen molar-refractivity contribution in [2.75, 3.05) is 0 Å². The number of fused-ring (bicyclic) bond motifs is 2. The van der Waals surface area contributed by atoms with Crippen LogP contribution in [0.1, 0.15) is 30.1 Å². The van der Waals surface area contributed by atoms with Crippen LogP contribution in [0.4, 0.5) is 4.39 Å². The lowest BCUT2D eigenvalue weighted by Crippen LogP contribution is -2.57. The van der Waals surface area contributed by atoms with E-state index in [4.69, 9.17) is 26.5 Å². The van der Waals surface area contributed by atoms with Crippen molar-refractivity contribution in [1.82, 2.24) is 0 Å². The molecule has 0 amide bonds. The van der Waals surface area contributed by atoms with Gasteiger partial charge in [0, 0.05) is 6.92 Å². The molecular formula is C22H14ClFN4O2. The smallest absolute Gasteiger partial charge is 0.218 e. The minimum Gasteiger partial charge on any atom is -0.447 e. The minimum absolute atomic E-state index is 0.135. The molecule has 0 aliphatic carbocycles. The summed E-state index contributed by atoms with van der Waals surface area (Å²) in [5.74, 6) is -3.75. The Hall–Kier alpha value is -3.44. The van der Waals surface area contributed by atoms with Crippen LogP contribution in [-0.4, -0.2) is 11.7 Å². The number of nitrogens with zero attached hydrogens (tertiary/aromatic N) is 3. The summed E-state index contributed by atoms with van der Waals surface area (Å²) in [5.41, 5.74) is -3.43. The molecule has 0 aromatic heterocycles. The van der Waals surface area contributed by atoms with Gasteiger partial charge in [-0.15, -0.1) is 0 Å². The van der Waals surface area contributed by atoms with Crippen molar-refractivity contribution in [1.29, 1.82) is 21.2 Å². The van der Waals surface area contributed by atoms with Gasteiger partial charge in [-0.05, 0) is 23.3 Å². The number of nitrogens with one attached hydrogen (secondary N) is 1. The molecule has 2 aliphatic heterocycles. The van der Waals surface area contributed by atoms with Gasteiger partial charge in [-0.25, -0.2) is 4.39 Å². The zero-order valence-electron chi connectivity index (χ0n) is 15.7. The fourth-order valence-corrected chi connectivity index (χ4v) is 4.73. The van der Waals surface area contributed by atoms with Crippen molar-refractivity contribution in [2.24, 2.45) is 10.8 Å². The summed E-state index contributed by atoms with van der Waals surface area (Å²) in [7, 11) is 0. The lowest BCUT2D eigenvalue weighted by molar-refractivity contribution is -0.253. The van der Waals surface area contributed by atoms with E-state index in [1.807, 2.05) is 12.1 Å². The number of rotatable bonds is 2. The topological polar surface area (TPSA) is 114 Å². The monoisotopic (exact) mass is 420 g/mol. The van der Waals surface area contributed by atoms with Crippen LogP contribution in [0.2, 0.25) is 5.02 Å². The maximum absolute atomic E-state index is 14.2. The summed E-state index contributed by atoms with van der Waals surface area (Å²) >= 11 is 5.78. The largest absolute Gasteiger partial charge is 0.447 e. The van der Waals surface area contributed by atoms with Crippen molar-refractivity contribution in [3.63, 3.8) is 0 Å². The maximum atomic E-state index is 14.2. The zero-order chi connectivity index (χ0) is 21.7. The first kappa shape index (κ1) is 19.9. The van der Waals surface area contributed by atoms with E-state index in [0.29, 0.717) is 5.56 Å². The molecule has 8 heteroatoms. The molecule has 2 fully saturated rings. The molecule has 2 bridgehead atoms. The first-order valence-electron chi connectivity index (χ1n) is 8.99. The molecular weight excluding hydrogens is 407 g/mol. The predicted molar refractivity (Wildman–Crippen MR) is 103 cm³/mol. The fourth-order valence-electron chi connectivity index (χ4n) is 4.61. The second kappa shape index (κ2) is 6.54. The summed E-state index contributed by atoms with van der Waals surface area (Å²) in [6.07, 6.45) is -1.35. The van der Waals surface area contributed by atoms with Crippen LogP contribution >= 0.6 is 11.6 Å². The highest BCUT2D eigenvalue weighted by Gasteiger charge is 2.79. The van der Waals surface area contributed by atoms with E-state index in [0.717, 1.165) is 6.07 Å². The third-order valence-electron chi connectivity index (χ3n) is 5.90. The highest BCUT2D eigenvalue weighted by molar-refractivity contribution is 6.30. The number of halogens is 2. The predicted octanol–water partition coefficient (Wildman–Crippen LogP) is 4.60. The van der Waals surface area contributed by atoms with Crippen molar-refractivity contribution in [3.8, 4) is 18.2 Å². The Bertz CT molecular complexity index is 1170. The molecule has 0 radical (unpaired) electrons. The van der Waals surface area contributed by atoms with E-state index >= 15 is 0 Å². The van der Waals surface area contributed by atoms with E-state index < -0.39 is 40.4 Å². The second-order valence-corrected chi connectivity index (χ2v) is 7.82. The van der Waals surface area contributed by atoms with E-state index in [1.54, 1.807) is 37.3 Å². The Balaban J connectivity index is 2.04. The molecule has 2 aromatic carbocycles. The average Bonchev–Trinajstić information content (AvgIpc) is 2.93. The van der Waals surface area contributed by atoms with Crippen LogP contribution in [0.25, 0.3) is 0 Å². The van der Waals surface area contributed by atoms with Gasteiger partial charge in [0.25, 0.3) is 0 Å². The number of hydrogen-bond donors (Lipinski definition) is 1. The summed E-state index contributed by atoms with van der Waals surface area (Å²) in [6, 6.07) is 18.4. The van der Waals surface area contributed by atoms with Crippen LogP contribution < -0.4 is 0 Å². The van der Waals surface area contributed by atoms with Crippen LogP contribution in [-0.2, 0) is 9.47 Å². The third-order valence-corrected chi connectivity index (χ3v) is 6.20. The van der Waals surface area contributed by atoms with Crippen LogP contribution in [0, 0.1) is 56.0 Å². The molecule has 0 saturated carbocycles. The van der Waals surface area contributed by atoms with E-state index in [1.165, 1.54) is 12.1 Å². The number of ether oxygens (including phenoxy) is 2. The number of benzene rings is 2. The molecule has 4 unspecified atom stereocenters. The molecule has 4 rings (SSSR count). The Morgan fingerprint density at radius 2 is 1.70 bits per heavy atom. The fraction of sp³-hybridized carbons (Fsp3) is 0.273. The molecule has 6 nitrogen and oxygen atoms in total. The summed E-state index contributed by atoms with van der Waals surface area (Å²) in [4.78, 5) is 0. The van der Waals surface area contributed by atoms with Gasteiger partial charge in [0.1, 0.15) is 11.9 Å².